The Morgan fingerprint density at radius 3 is 1.00 bits per heavy atom. The van der Waals surface area contributed by atoms with Gasteiger partial charge in [-0.3, -0.25) is 4.18 Å². The molecule has 0 aliphatic carbocycles. The van der Waals surface area contributed by atoms with E-state index >= 15 is 0 Å². The van der Waals surface area contributed by atoms with Crippen LogP contribution in [0.25, 0.3) is 5.73 Å². The molecule has 0 heterocycles. The van der Waals surface area contributed by atoms with E-state index < -0.39 is 10.4 Å². The van der Waals surface area contributed by atoms with Gasteiger partial charge in [-0.05, 0) is 33.6 Å². The molecule has 0 amide bonds. The normalized spacial score (nSPS) is 11.5. The van der Waals surface area contributed by atoms with Gasteiger partial charge in [-0.1, -0.05) is 111 Å². The van der Waals surface area contributed by atoms with Crippen LogP contribution in [0.4, 0.5) is 0 Å². The highest BCUT2D eigenvalue weighted by Gasteiger charge is 2.08. The Bertz CT molecular complexity index is 539. The second kappa shape index (κ2) is 33.3. The van der Waals surface area contributed by atoms with Crippen LogP contribution in [0.3, 0.4) is 0 Å². The van der Waals surface area contributed by atoms with Crippen LogP contribution in [0, 0.1) is 0 Å². The fraction of sp³-hybridized carbons (Fsp3) is 1.00. The lowest BCUT2D eigenvalue weighted by Crippen LogP contribution is -2.39. The molecule has 0 radical (unpaired) electrons. The summed E-state index contributed by atoms with van der Waals surface area (Å²) in [5.74, 6) is 0. The van der Waals surface area contributed by atoms with Gasteiger partial charge in [0.15, 0.2) is 0 Å². The average Bonchev–Trinajstić information content (AvgIpc) is 2.87. The maximum atomic E-state index is 9.45. The molecule has 0 atom stereocenters. The van der Waals surface area contributed by atoms with Crippen LogP contribution in [-0.2, 0) is 14.6 Å². The van der Waals surface area contributed by atoms with Crippen molar-refractivity contribution in [2.24, 2.45) is 0 Å². The Morgan fingerprint density at radius 1 is 0.550 bits per heavy atom. The molecule has 0 bridgehead atoms. The minimum atomic E-state index is -4.42. The van der Waals surface area contributed by atoms with E-state index in [-0.39, 0.29) is 6.61 Å². The van der Waals surface area contributed by atoms with Crippen molar-refractivity contribution in [2.75, 3.05) is 67.5 Å². The van der Waals surface area contributed by atoms with Gasteiger partial charge >= 0.3 is 0 Å². The van der Waals surface area contributed by atoms with Crippen LogP contribution >= 0.6 is 0 Å². The summed E-state index contributed by atoms with van der Waals surface area (Å²) in [7, 11) is 4.65. The molecule has 0 fully saturated rings. The summed E-state index contributed by atoms with van der Waals surface area (Å²) in [5, 5.41) is 0. The third kappa shape index (κ3) is 50.6. The van der Waals surface area contributed by atoms with E-state index in [0.29, 0.717) is 6.54 Å². The molecule has 0 rings (SSSR count). The maximum Gasteiger partial charge on any atom is 0.217 e. The summed E-state index contributed by atoms with van der Waals surface area (Å²) in [4.78, 5) is 0. The van der Waals surface area contributed by atoms with Crippen LogP contribution in [0.15, 0.2) is 0 Å². The Morgan fingerprint density at radius 2 is 0.850 bits per heavy atom. The topological polar surface area (TPSA) is 90.2 Å². The summed E-state index contributed by atoms with van der Waals surface area (Å²) in [5.41, 5.74) is 7.06. The zero-order valence-corrected chi connectivity index (χ0v) is 29.8. The fourth-order valence-corrected chi connectivity index (χ4v) is 4.28. The number of hydrogen-bond donors (Lipinski definition) is 0. The minimum absolute atomic E-state index is 0.0914. The molecule has 40 heavy (non-hydrogen) atoms. The summed E-state index contributed by atoms with van der Waals surface area (Å²) < 4.78 is 34.3. The monoisotopic (exact) mass is 598 g/mol. The second-order valence-electron chi connectivity index (χ2n) is 12.1. The van der Waals surface area contributed by atoms with Crippen LogP contribution in [0.1, 0.15) is 144 Å². The number of quaternary nitrogens is 2. The number of nitrogens with one attached hydrogen (secondary N) is 1. The molecule has 0 aromatic carbocycles. The zero-order chi connectivity index (χ0) is 31.8. The first kappa shape index (κ1) is 46.7. The van der Waals surface area contributed by atoms with Gasteiger partial charge in [-0.15, -0.1) is 0 Å². The molecular weight excluding hydrogens is 522 g/mol. The van der Waals surface area contributed by atoms with Crippen molar-refractivity contribution in [1.29, 1.82) is 0 Å². The van der Waals surface area contributed by atoms with Gasteiger partial charge in [-0.2, -0.15) is 6.54 Å². The molecular formula is C32H75N3O4S. The molecule has 1 N–H and O–H groups in total. The highest BCUT2D eigenvalue weighted by atomic mass is 32.3. The molecule has 0 unspecified atom stereocenters. The molecule has 7 nitrogen and oxygen atoms in total. The van der Waals surface area contributed by atoms with Gasteiger partial charge in [-0.25, -0.2) is 8.42 Å². The van der Waals surface area contributed by atoms with E-state index in [1.165, 1.54) is 129 Å². The van der Waals surface area contributed by atoms with Gasteiger partial charge in [0.05, 0.1) is 61.0 Å². The molecule has 0 aliphatic rings. The highest BCUT2D eigenvalue weighted by Crippen LogP contribution is 2.12. The van der Waals surface area contributed by atoms with Crippen molar-refractivity contribution < 1.29 is 26.1 Å². The summed E-state index contributed by atoms with van der Waals surface area (Å²) in [6.07, 6.45) is 22.1. The van der Waals surface area contributed by atoms with Gasteiger partial charge in [0.2, 0.25) is 10.4 Å². The van der Waals surface area contributed by atoms with E-state index in [9.17, 15) is 13.0 Å². The van der Waals surface area contributed by atoms with Crippen LogP contribution < -0.4 is 0 Å². The first-order valence-electron chi connectivity index (χ1n) is 16.6. The summed E-state index contributed by atoms with van der Waals surface area (Å²) >= 11 is 0. The van der Waals surface area contributed by atoms with E-state index in [2.05, 4.69) is 67.0 Å². The molecule has 0 spiro atoms. The van der Waals surface area contributed by atoms with E-state index in [0.717, 1.165) is 15.4 Å². The summed E-state index contributed by atoms with van der Waals surface area (Å²) in [6.45, 7) is 18.3. The summed E-state index contributed by atoms with van der Waals surface area (Å²) in [6, 6.07) is 0. The molecule has 0 aromatic rings. The molecule has 8 heteroatoms. The maximum absolute atomic E-state index is 9.45. The lowest BCUT2D eigenvalue weighted by Gasteiger charge is -2.27. The van der Waals surface area contributed by atoms with E-state index in [4.69, 9.17) is 5.73 Å². The van der Waals surface area contributed by atoms with Gasteiger partial charge < -0.3 is 19.3 Å². The van der Waals surface area contributed by atoms with Crippen LogP contribution in [0.2, 0.25) is 0 Å². The SMILES string of the molecule is CCCCCCCCCCCCCCCC[NH-].CCC[N+](C)(C)CC.CCC[N+](C)(C)CC.CCOS(=O)(=O)[O-]. The Kier molecular flexibility index (Phi) is 38.8. The minimum Gasteiger partial charge on any atom is -0.726 e. The largest absolute Gasteiger partial charge is 0.726 e. The smallest absolute Gasteiger partial charge is 0.217 e. The van der Waals surface area contributed by atoms with Crippen molar-refractivity contribution in [3.8, 4) is 0 Å². The first-order valence-corrected chi connectivity index (χ1v) is 17.9. The molecule has 0 aromatic heterocycles. The molecule has 0 saturated carbocycles. The average molecular weight is 598 g/mol. The van der Waals surface area contributed by atoms with Gasteiger partial charge in [0, 0.05) is 0 Å². The number of rotatable bonds is 22. The number of nitrogens with zero attached hydrogens (tertiary/aromatic N) is 2. The quantitative estimate of drug-likeness (QED) is 0.0539. The third-order valence-electron chi connectivity index (χ3n) is 7.16. The van der Waals surface area contributed by atoms with Gasteiger partial charge in [0.1, 0.15) is 0 Å². The van der Waals surface area contributed by atoms with Crippen molar-refractivity contribution >= 4 is 10.4 Å². The van der Waals surface area contributed by atoms with E-state index in [1.54, 1.807) is 0 Å². The lowest BCUT2D eigenvalue weighted by molar-refractivity contribution is -0.888. The van der Waals surface area contributed by atoms with Crippen molar-refractivity contribution in [1.82, 2.24) is 0 Å². The van der Waals surface area contributed by atoms with Crippen molar-refractivity contribution in [3.63, 3.8) is 0 Å². The second-order valence-corrected chi connectivity index (χ2v) is 13.2. The van der Waals surface area contributed by atoms with Crippen LogP contribution in [-0.4, -0.2) is 89.5 Å². The van der Waals surface area contributed by atoms with Gasteiger partial charge in [0.25, 0.3) is 0 Å². The Labute approximate surface area is 253 Å². The molecule has 248 valence electrons. The predicted octanol–water partition coefficient (Wildman–Crippen LogP) is 8.99. The zero-order valence-electron chi connectivity index (χ0n) is 29.0. The van der Waals surface area contributed by atoms with Crippen LogP contribution in [0.5, 0.6) is 0 Å². The van der Waals surface area contributed by atoms with E-state index in [1.807, 2.05) is 0 Å². The Balaban J connectivity index is -0.000000237. The fourth-order valence-electron chi connectivity index (χ4n) is 3.99. The highest BCUT2D eigenvalue weighted by molar-refractivity contribution is 7.80. The third-order valence-corrected chi connectivity index (χ3v) is 7.69. The number of unbranched alkanes of at least 4 members (excludes halogenated alkanes) is 13. The Hall–Kier alpha value is -0.250. The molecule has 0 saturated heterocycles. The van der Waals surface area contributed by atoms with Crippen molar-refractivity contribution in [2.45, 2.75) is 144 Å². The van der Waals surface area contributed by atoms with Crippen molar-refractivity contribution in [3.05, 3.63) is 5.73 Å². The molecule has 0 aliphatic heterocycles. The standard InChI is InChI=1S/C16H34N.2C7H18N.C2H6O4S/c1-2-3-4-5-6-7-8-9-10-11-12-13-14-15-16-17;2*1-5-7-8(3,4)6-2;1-2-6-7(3,4)5/h17H,2-16H2,1H3;2*5-7H2,1-4H3;2H2,1H3,(H,3,4,5)/q-1;2*+1;/p-1. The predicted molar refractivity (Wildman–Crippen MR) is 176 cm³/mol. The number of hydrogen-bond acceptors (Lipinski definition) is 4. The first-order chi connectivity index (χ1) is 18.7. The lowest BCUT2D eigenvalue weighted by atomic mass is 10.0.